The first-order chi connectivity index (χ1) is 7.70. The molecule has 1 N–H and O–H groups in total. The zero-order chi connectivity index (χ0) is 12.2. The molecule has 2 heteroatoms. The maximum Gasteiger partial charge on any atom is 0.00103 e. The van der Waals surface area contributed by atoms with Crippen molar-refractivity contribution in [3.05, 3.63) is 0 Å². The standard InChI is InChI=1S/C14H32N2/c1-5-11-16(12-6-2)13-9-7-8-10-15-14(3)4/h14-15H,5-13H2,1-4H3. The summed E-state index contributed by atoms with van der Waals surface area (Å²) in [6.45, 7) is 14.0. The normalized spacial score (nSPS) is 11.6. The Labute approximate surface area is 103 Å². The summed E-state index contributed by atoms with van der Waals surface area (Å²) in [7, 11) is 0. The van der Waals surface area contributed by atoms with Gasteiger partial charge in [0.15, 0.2) is 0 Å². The van der Waals surface area contributed by atoms with Gasteiger partial charge in [0.25, 0.3) is 0 Å². The second-order valence-electron chi connectivity index (χ2n) is 5.01. The Bertz CT molecular complexity index is 129. The van der Waals surface area contributed by atoms with Crippen LogP contribution in [0.15, 0.2) is 0 Å². The summed E-state index contributed by atoms with van der Waals surface area (Å²) in [6.07, 6.45) is 6.62. The molecule has 98 valence electrons. The molecule has 0 fully saturated rings. The van der Waals surface area contributed by atoms with Crippen LogP contribution in [0.5, 0.6) is 0 Å². The first-order valence-corrected chi connectivity index (χ1v) is 7.16. The lowest BCUT2D eigenvalue weighted by molar-refractivity contribution is 0.268. The summed E-state index contributed by atoms with van der Waals surface area (Å²) in [5.41, 5.74) is 0. The van der Waals surface area contributed by atoms with Crippen molar-refractivity contribution in [2.45, 2.75) is 65.8 Å². The molecule has 0 aliphatic carbocycles. The number of rotatable bonds is 11. The highest BCUT2D eigenvalue weighted by molar-refractivity contribution is 4.58. The van der Waals surface area contributed by atoms with Crippen LogP contribution in [0.3, 0.4) is 0 Å². The summed E-state index contributed by atoms with van der Waals surface area (Å²) in [5.74, 6) is 0. The van der Waals surface area contributed by atoms with Gasteiger partial charge in [-0.1, -0.05) is 34.1 Å². The molecule has 0 unspecified atom stereocenters. The third-order valence-electron chi connectivity index (χ3n) is 2.78. The zero-order valence-corrected chi connectivity index (χ0v) is 11.9. The molecule has 0 radical (unpaired) electrons. The van der Waals surface area contributed by atoms with Gasteiger partial charge in [-0.2, -0.15) is 0 Å². The minimum atomic E-state index is 0.636. The summed E-state index contributed by atoms with van der Waals surface area (Å²) >= 11 is 0. The molecule has 0 spiro atoms. The molecular formula is C14H32N2. The lowest BCUT2D eigenvalue weighted by Crippen LogP contribution is -2.27. The molecule has 0 saturated carbocycles. The number of unbranched alkanes of at least 4 members (excludes halogenated alkanes) is 2. The fourth-order valence-electron chi connectivity index (χ4n) is 2.00. The van der Waals surface area contributed by atoms with Crippen molar-refractivity contribution in [1.29, 1.82) is 0 Å². The van der Waals surface area contributed by atoms with Crippen molar-refractivity contribution in [1.82, 2.24) is 10.2 Å². The number of nitrogens with zero attached hydrogens (tertiary/aromatic N) is 1. The third-order valence-corrected chi connectivity index (χ3v) is 2.78. The van der Waals surface area contributed by atoms with Crippen LogP contribution in [0.2, 0.25) is 0 Å². The van der Waals surface area contributed by atoms with Gasteiger partial charge in [-0.25, -0.2) is 0 Å². The van der Waals surface area contributed by atoms with Crippen LogP contribution >= 0.6 is 0 Å². The summed E-state index contributed by atoms with van der Waals surface area (Å²) in [5, 5.41) is 3.47. The molecule has 0 saturated heterocycles. The van der Waals surface area contributed by atoms with Crippen molar-refractivity contribution in [3.63, 3.8) is 0 Å². The SMILES string of the molecule is CCCN(CCC)CCCCCNC(C)C. The maximum absolute atomic E-state index is 3.47. The van der Waals surface area contributed by atoms with Crippen molar-refractivity contribution < 1.29 is 0 Å². The van der Waals surface area contributed by atoms with E-state index in [-0.39, 0.29) is 0 Å². The van der Waals surface area contributed by atoms with Crippen molar-refractivity contribution in [2.75, 3.05) is 26.2 Å². The van der Waals surface area contributed by atoms with Gasteiger partial charge in [0.05, 0.1) is 0 Å². The first-order valence-electron chi connectivity index (χ1n) is 7.16. The Balaban J connectivity index is 3.32. The van der Waals surface area contributed by atoms with Gasteiger partial charge in [-0.05, 0) is 51.9 Å². The van der Waals surface area contributed by atoms with E-state index in [9.17, 15) is 0 Å². The quantitative estimate of drug-likeness (QED) is 0.546. The van der Waals surface area contributed by atoms with E-state index in [1.807, 2.05) is 0 Å². The molecule has 0 aliphatic rings. The van der Waals surface area contributed by atoms with Gasteiger partial charge in [-0.3, -0.25) is 0 Å². The Morgan fingerprint density at radius 2 is 1.50 bits per heavy atom. The van der Waals surface area contributed by atoms with Crippen molar-refractivity contribution in [2.24, 2.45) is 0 Å². The van der Waals surface area contributed by atoms with Crippen LogP contribution in [0.4, 0.5) is 0 Å². The van der Waals surface area contributed by atoms with E-state index in [4.69, 9.17) is 0 Å². The topological polar surface area (TPSA) is 15.3 Å². The van der Waals surface area contributed by atoms with E-state index in [2.05, 4.69) is 37.9 Å². The van der Waals surface area contributed by atoms with E-state index in [1.54, 1.807) is 0 Å². The average Bonchev–Trinajstić information content (AvgIpc) is 2.23. The smallest absolute Gasteiger partial charge is 0.00103 e. The second kappa shape index (κ2) is 11.4. The number of nitrogens with one attached hydrogen (secondary N) is 1. The highest BCUT2D eigenvalue weighted by atomic mass is 15.1. The Kier molecular flexibility index (Phi) is 11.3. The van der Waals surface area contributed by atoms with E-state index in [0.717, 1.165) is 0 Å². The number of hydrogen-bond donors (Lipinski definition) is 1. The molecule has 0 heterocycles. The molecule has 2 nitrogen and oxygen atoms in total. The van der Waals surface area contributed by atoms with Crippen LogP contribution in [0.25, 0.3) is 0 Å². The largest absolute Gasteiger partial charge is 0.315 e. The van der Waals surface area contributed by atoms with Crippen LogP contribution in [0.1, 0.15) is 59.8 Å². The van der Waals surface area contributed by atoms with Crippen LogP contribution in [-0.4, -0.2) is 37.1 Å². The summed E-state index contributed by atoms with van der Waals surface area (Å²) in [6, 6.07) is 0.636. The highest BCUT2D eigenvalue weighted by Gasteiger charge is 2.01. The number of hydrogen-bond acceptors (Lipinski definition) is 2. The molecule has 0 aromatic heterocycles. The average molecular weight is 228 g/mol. The lowest BCUT2D eigenvalue weighted by atomic mass is 10.2. The van der Waals surface area contributed by atoms with E-state index in [1.165, 1.54) is 58.3 Å². The minimum absolute atomic E-state index is 0.636. The summed E-state index contributed by atoms with van der Waals surface area (Å²) < 4.78 is 0. The molecule has 0 rings (SSSR count). The predicted octanol–water partition coefficient (Wildman–Crippen LogP) is 3.28. The molecule has 0 bridgehead atoms. The Morgan fingerprint density at radius 1 is 0.875 bits per heavy atom. The van der Waals surface area contributed by atoms with Crippen molar-refractivity contribution >= 4 is 0 Å². The molecule has 16 heavy (non-hydrogen) atoms. The molecule has 0 aliphatic heterocycles. The molecule has 0 aromatic rings. The van der Waals surface area contributed by atoms with Crippen LogP contribution in [-0.2, 0) is 0 Å². The fourth-order valence-corrected chi connectivity index (χ4v) is 2.00. The molecular weight excluding hydrogens is 196 g/mol. The predicted molar refractivity (Wildman–Crippen MR) is 74.0 cm³/mol. The van der Waals surface area contributed by atoms with E-state index >= 15 is 0 Å². The van der Waals surface area contributed by atoms with E-state index < -0.39 is 0 Å². The maximum atomic E-state index is 3.47. The van der Waals surface area contributed by atoms with E-state index in [0.29, 0.717) is 6.04 Å². The highest BCUT2D eigenvalue weighted by Crippen LogP contribution is 2.00. The van der Waals surface area contributed by atoms with Gasteiger partial charge < -0.3 is 10.2 Å². The van der Waals surface area contributed by atoms with Gasteiger partial charge in [0, 0.05) is 6.04 Å². The zero-order valence-electron chi connectivity index (χ0n) is 11.9. The molecule has 0 atom stereocenters. The Morgan fingerprint density at radius 3 is 2.00 bits per heavy atom. The first kappa shape index (κ1) is 15.9. The monoisotopic (exact) mass is 228 g/mol. The minimum Gasteiger partial charge on any atom is -0.315 e. The fraction of sp³-hybridized carbons (Fsp3) is 1.00. The molecule has 0 amide bonds. The lowest BCUT2D eigenvalue weighted by Gasteiger charge is -2.20. The van der Waals surface area contributed by atoms with Gasteiger partial charge >= 0.3 is 0 Å². The van der Waals surface area contributed by atoms with Crippen molar-refractivity contribution in [3.8, 4) is 0 Å². The molecule has 0 aromatic carbocycles. The Hall–Kier alpha value is -0.0800. The summed E-state index contributed by atoms with van der Waals surface area (Å²) in [4.78, 5) is 2.61. The third kappa shape index (κ3) is 10.4. The second-order valence-corrected chi connectivity index (χ2v) is 5.01. The van der Waals surface area contributed by atoms with Crippen LogP contribution < -0.4 is 5.32 Å². The van der Waals surface area contributed by atoms with Gasteiger partial charge in [0.1, 0.15) is 0 Å². The van der Waals surface area contributed by atoms with Gasteiger partial charge in [0.2, 0.25) is 0 Å². The van der Waals surface area contributed by atoms with Gasteiger partial charge in [-0.15, -0.1) is 0 Å². The van der Waals surface area contributed by atoms with Crippen LogP contribution in [0, 0.1) is 0 Å².